The van der Waals surface area contributed by atoms with E-state index in [1.54, 1.807) is 12.1 Å². The summed E-state index contributed by atoms with van der Waals surface area (Å²) in [5.74, 6) is -0.762. The van der Waals surface area contributed by atoms with E-state index in [1.165, 1.54) is 17.7 Å². The SMILES string of the molecule is CC(C)C[C@H](NC(=O)c1ccc(N2CCN(C3CC3)CC2)cc1)C(=O)N1C[C@@H](N=[N+]=[N-])[C@H]2OCC(=O)[C@H]21. The van der Waals surface area contributed by atoms with Gasteiger partial charge in [0.05, 0.1) is 12.1 Å². The molecule has 4 aliphatic rings. The molecule has 0 radical (unpaired) electrons. The van der Waals surface area contributed by atoms with Gasteiger partial charge in [-0.15, -0.1) is 0 Å². The normalized spacial score (nSPS) is 26.7. The number of hydrogen-bond acceptors (Lipinski definition) is 7. The highest BCUT2D eigenvalue weighted by molar-refractivity contribution is 5.99. The number of Topliss-reactive ketones (excluding diaryl/α,β-unsaturated/α-hetero) is 1. The van der Waals surface area contributed by atoms with Crippen LogP contribution in [0.3, 0.4) is 0 Å². The topological polar surface area (TPSA) is 131 Å². The molecule has 198 valence electrons. The highest BCUT2D eigenvalue weighted by Gasteiger charge is 2.53. The number of azide groups is 1. The second kappa shape index (κ2) is 10.7. The molecule has 4 fully saturated rings. The van der Waals surface area contributed by atoms with E-state index >= 15 is 0 Å². The maximum Gasteiger partial charge on any atom is 0.251 e. The molecule has 3 heterocycles. The van der Waals surface area contributed by atoms with Gasteiger partial charge in [0.15, 0.2) is 5.78 Å². The lowest BCUT2D eigenvalue weighted by Gasteiger charge is -2.36. The Balaban J connectivity index is 1.25. The summed E-state index contributed by atoms with van der Waals surface area (Å²) in [7, 11) is 0. The fourth-order valence-corrected chi connectivity index (χ4v) is 5.77. The zero-order valence-corrected chi connectivity index (χ0v) is 21.5. The van der Waals surface area contributed by atoms with E-state index in [2.05, 4.69) is 25.1 Å². The fraction of sp³-hybridized carbons (Fsp3) is 0.654. The Labute approximate surface area is 216 Å². The number of nitrogens with one attached hydrogen (secondary N) is 1. The summed E-state index contributed by atoms with van der Waals surface area (Å²) < 4.78 is 5.53. The predicted octanol–water partition coefficient (Wildman–Crippen LogP) is 1.97. The van der Waals surface area contributed by atoms with Crippen molar-refractivity contribution in [2.75, 3.05) is 44.2 Å². The molecule has 0 bridgehead atoms. The number of carbonyl (C=O) groups is 3. The summed E-state index contributed by atoms with van der Waals surface area (Å²) in [6.07, 6.45) is 2.42. The van der Waals surface area contributed by atoms with E-state index in [1.807, 2.05) is 26.0 Å². The second-order valence-electron chi connectivity index (χ2n) is 10.9. The number of amides is 2. The van der Waals surface area contributed by atoms with Crippen LogP contribution in [0.5, 0.6) is 0 Å². The molecule has 0 unspecified atom stereocenters. The van der Waals surface area contributed by atoms with Crippen LogP contribution in [0.15, 0.2) is 29.4 Å². The predicted molar refractivity (Wildman–Crippen MR) is 137 cm³/mol. The number of fused-ring (bicyclic) bond motifs is 1. The number of piperazine rings is 1. The van der Waals surface area contributed by atoms with Gasteiger partial charge in [-0.25, -0.2) is 0 Å². The Morgan fingerprint density at radius 3 is 2.49 bits per heavy atom. The maximum atomic E-state index is 13.6. The van der Waals surface area contributed by atoms with Crippen molar-refractivity contribution in [3.05, 3.63) is 40.3 Å². The van der Waals surface area contributed by atoms with Gasteiger partial charge in [-0.3, -0.25) is 19.3 Å². The molecule has 3 aliphatic heterocycles. The van der Waals surface area contributed by atoms with Gasteiger partial charge in [-0.05, 0) is 55.0 Å². The number of carbonyl (C=O) groups excluding carboxylic acids is 3. The molecular formula is C26H35N7O4. The summed E-state index contributed by atoms with van der Waals surface area (Å²) >= 11 is 0. The third-order valence-corrected chi connectivity index (χ3v) is 7.82. The van der Waals surface area contributed by atoms with Crippen LogP contribution in [0.25, 0.3) is 10.4 Å². The van der Waals surface area contributed by atoms with Crippen molar-refractivity contribution in [3.8, 4) is 0 Å². The van der Waals surface area contributed by atoms with Crippen molar-refractivity contribution < 1.29 is 19.1 Å². The maximum absolute atomic E-state index is 13.6. The number of anilines is 1. The van der Waals surface area contributed by atoms with E-state index in [4.69, 9.17) is 10.3 Å². The third kappa shape index (κ3) is 5.44. The molecule has 11 heteroatoms. The van der Waals surface area contributed by atoms with Gasteiger partial charge < -0.3 is 19.9 Å². The van der Waals surface area contributed by atoms with Crippen LogP contribution in [0.1, 0.15) is 43.5 Å². The Morgan fingerprint density at radius 1 is 1.16 bits per heavy atom. The van der Waals surface area contributed by atoms with E-state index in [-0.39, 0.29) is 36.7 Å². The molecule has 1 N–H and O–H groups in total. The van der Waals surface area contributed by atoms with Gasteiger partial charge >= 0.3 is 0 Å². The van der Waals surface area contributed by atoms with E-state index in [0.29, 0.717) is 12.0 Å². The number of ketones is 1. The van der Waals surface area contributed by atoms with Gasteiger partial charge in [0.1, 0.15) is 18.7 Å². The molecule has 3 saturated heterocycles. The van der Waals surface area contributed by atoms with Crippen LogP contribution in [0, 0.1) is 5.92 Å². The first-order chi connectivity index (χ1) is 17.9. The quantitative estimate of drug-likeness (QED) is 0.324. The van der Waals surface area contributed by atoms with Crippen LogP contribution in [0.4, 0.5) is 5.69 Å². The van der Waals surface area contributed by atoms with Crippen LogP contribution >= 0.6 is 0 Å². The minimum absolute atomic E-state index is 0.0944. The van der Waals surface area contributed by atoms with Crippen molar-refractivity contribution in [2.45, 2.75) is 63.4 Å². The lowest BCUT2D eigenvalue weighted by Crippen LogP contribution is -2.52. The van der Waals surface area contributed by atoms with Crippen LogP contribution in [-0.4, -0.2) is 97.0 Å². The minimum atomic E-state index is -0.804. The Bertz CT molecular complexity index is 1070. The van der Waals surface area contributed by atoms with Crippen molar-refractivity contribution in [2.24, 2.45) is 11.0 Å². The number of nitrogens with zero attached hydrogens (tertiary/aromatic N) is 6. The van der Waals surface area contributed by atoms with E-state index < -0.39 is 24.2 Å². The molecule has 0 spiro atoms. The average molecular weight is 510 g/mol. The molecule has 5 rings (SSSR count). The molecule has 11 nitrogen and oxygen atoms in total. The van der Waals surface area contributed by atoms with Crippen LogP contribution in [-0.2, 0) is 14.3 Å². The third-order valence-electron chi connectivity index (χ3n) is 7.82. The first kappa shape index (κ1) is 25.5. The Morgan fingerprint density at radius 2 is 1.86 bits per heavy atom. The molecule has 4 atom stereocenters. The first-order valence-electron chi connectivity index (χ1n) is 13.2. The second-order valence-corrected chi connectivity index (χ2v) is 10.9. The van der Waals surface area contributed by atoms with Crippen LogP contribution in [0.2, 0.25) is 0 Å². The molecule has 2 amide bonds. The lowest BCUT2D eigenvalue weighted by molar-refractivity contribution is -0.138. The summed E-state index contributed by atoms with van der Waals surface area (Å²) in [6, 6.07) is 6.09. The Kier molecular flexibility index (Phi) is 7.37. The zero-order valence-electron chi connectivity index (χ0n) is 21.5. The highest BCUT2D eigenvalue weighted by Crippen LogP contribution is 2.31. The largest absolute Gasteiger partial charge is 0.369 e. The Hall–Kier alpha value is -3.14. The zero-order chi connectivity index (χ0) is 26.1. The fourth-order valence-electron chi connectivity index (χ4n) is 5.77. The monoisotopic (exact) mass is 509 g/mol. The molecule has 1 aromatic rings. The average Bonchev–Trinajstić information content (AvgIpc) is 3.59. The summed E-state index contributed by atoms with van der Waals surface area (Å²) in [5.41, 5.74) is 10.5. The van der Waals surface area contributed by atoms with Crippen molar-refractivity contribution in [1.82, 2.24) is 15.1 Å². The van der Waals surface area contributed by atoms with E-state index in [0.717, 1.165) is 37.9 Å². The standard InChI is InChI=1S/C26H35N7O4/c1-16(2)13-20(26(36)33-14-21(29-30-27)24-23(33)22(34)15-37-24)28-25(35)17-3-5-18(6-4-17)31-9-11-32(12-10-31)19-7-8-19/h3-6,16,19-21,23-24H,7-15H2,1-2H3,(H,28,35)/t20-,21+,23+,24+/m0/s1. The number of benzene rings is 1. The van der Waals surface area contributed by atoms with Gasteiger partial charge in [0.25, 0.3) is 5.91 Å². The molecule has 1 saturated carbocycles. The lowest BCUT2D eigenvalue weighted by atomic mass is 10.0. The van der Waals surface area contributed by atoms with Gasteiger partial charge in [0.2, 0.25) is 5.91 Å². The van der Waals surface area contributed by atoms with Crippen molar-refractivity contribution in [1.29, 1.82) is 0 Å². The van der Waals surface area contributed by atoms with Gasteiger partial charge in [-0.2, -0.15) is 0 Å². The molecular weight excluding hydrogens is 474 g/mol. The summed E-state index contributed by atoms with van der Waals surface area (Å²) in [6.45, 7) is 8.02. The van der Waals surface area contributed by atoms with E-state index in [9.17, 15) is 14.4 Å². The molecule has 1 aromatic carbocycles. The molecule has 1 aliphatic carbocycles. The minimum Gasteiger partial charge on any atom is -0.369 e. The number of ether oxygens (including phenoxy) is 1. The molecule has 37 heavy (non-hydrogen) atoms. The summed E-state index contributed by atoms with van der Waals surface area (Å²) in [5, 5.41) is 6.64. The number of likely N-dealkylation sites (tertiary alicyclic amines) is 1. The van der Waals surface area contributed by atoms with Crippen LogP contribution < -0.4 is 10.2 Å². The number of hydrogen-bond donors (Lipinski definition) is 1. The first-order valence-corrected chi connectivity index (χ1v) is 13.2. The van der Waals surface area contributed by atoms with Crippen molar-refractivity contribution in [3.63, 3.8) is 0 Å². The summed E-state index contributed by atoms with van der Waals surface area (Å²) in [4.78, 5) is 48.4. The smallest absolute Gasteiger partial charge is 0.251 e. The van der Waals surface area contributed by atoms with Gasteiger partial charge in [-0.1, -0.05) is 19.0 Å². The number of rotatable bonds is 8. The molecule has 0 aromatic heterocycles. The highest BCUT2D eigenvalue weighted by atomic mass is 16.5. The van der Waals surface area contributed by atoms with Gasteiger partial charge in [0, 0.05) is 54.9 Å². The van der Waals surface area contributed by atoms with Crippen molar-refractivity contribution >= 4 is 23.3 Å².